The van der Waals surface area contributed by atoms with Crippen LogP contribution >= 0.6 is 0 Å². The van der Waals surface area contributed by atoms with Crippen LogP contribution in [-0.4, -0.2) is 9.97 Å². The van der Waals surface area contributed by atoms with Crippen LogP contribution in [0.15, 0.2) is 60.7 Å². The van der Waals surface area contributed by atoms with Crippen LogP contribution in [0.5, 0.6) is 5.75 Å². The Bertz CT molecular complexity index is 1040. The molecule has 1 aromatic heterocycles. The van der Waals surface area contributed by atoms with Crippen molar-refractivity contribution < 1.29 is 17.9 Å². The first kappa shape index (κ1) is 16.2. The SMILES string of the molecule is Fc1ccc(OCc2ccc(-c3nc4ccccc4[nH]3)cc2)c(F)c1F. The largest absolute Gasteiger partial charge is 0.486 e. The van der Waals surface area contributed by atoms with Gasteiger partial charge in [-0.2, -0.15) is 4.39 Å². The number of fused-ring (bicyclic) bond motifs is 1. The van der Waals surface area contributed by atoms with Gasteiger partial charge in [-0.1, -0.05) is 36.4 Å². The number of H-pyrrole nitrogens is 1. The molecule has 4 rings (SSSR count). The van der Waals surface area contributed by atoms with E-state index in [2.05, 4.69) is 9.97 Å². The molecule has 0 atom stereocenters. The fraction of sp³-hybridized carbons (Fsp3) is 0.0500. The molecular weight excluding hydrogens is 341 g/mol. The maximum absolute atomic E-state index is 13.6. The van der Waals surface area contributed by atoms with Gasteiger partial charge in [0.15, 0.2) is 17.4 Å². The number of benzene rings is 3. The summed E-state index contributed by atoms with van der Waals surface area (Å²) in [6.45, 7) is 0.0302. The number of halogens is 3. The fourth-order valence-electron chi connectivity index (χ4n) is 2.63. The number of hydrogen-bond donors (Lipinski definition) is 1. The van der Waals surface area contributed by atoms with Crippen molar-refractivity contribution in [1.29, 1.82) is 0 Å². The van der Waals surface area contributed by atoms with Gasteiger partial charge in [0.25, 0.3) is 0 Å². The first-order chi connectivity index (χ1) is 12.6. The van der Waals surface area contributed by atoms with Gasteiger partial charge in [0, 0.05) is 5.56 Å². The number of rotatable bonds is 4. The summed E-state index contributed by atoms with van der Waals surface area (Å²) in [6, 6.07) is 17.0. The van der Waals surface area contributed by atoms with Crippen LogP contribution in [0.1, 0.15) is 5.56 Å². The average molecular weight is 354 g/mol. The second kappa shape index (κ2) is 6.55. The zero-order valence-corrected chi connectivity index (χ0v) is 13.5. The van der Waals surface area contributed by atoms with Crippen molar-refractivity contribution in [3.63, 3.8) is 0 Å². The standard InChI is InChI=1S/C20H13F3N2O/c21-14-9-10-17(19(23)18(14)22)26-11-12-5-7-13(8-6-12)20-24-15-3-1-2-4-16(15)25-20/h1-10H,11H2,(H,24,25). The van der Waals surface area contributed by atoms with Crippen LogP contribution in [0.3, 0.4) is 0 Å². The summed E-state index contributed by atoms with van der Waals surface area (Å²) in [5.41, 5.74) is 3.48. The highest BCUT2D eigenvalue weighted by Crippen LogP contribution is 2.24. The van der Waals surface area contributed by atoms with Crippen molar-refractivity contribution >= 4 is 11.0 Å². The lowest BCUT2D eigenvalue weighted by Crippen LogP contribution is -2.00. The number of para-hydroxylation sites is 2. The number of nitrogens with one attached hydrogen (secondary N) is 1. The van der Waals surface area contributed by atoms with Crippen molar-refractivity contribution in [1.82, 2.24) is 9.97 Å². The van der Waals surface area contributed by atoms with E-state index in [1.807, 2.05) is 36.4 Å². The molecule has 4 aromatic rings. The Morgan fingerprint density at radius 2 is 1.62 bits per heavy atom. The Hall–Kier alpha value is -3.28. The van der Waals surface area contributed by atoms with E-state index >= 15 is 0 Å². The maximum atomic E-state index is 13.6. The van der Waals surface area contributed by atoms with Gasteiger partial charge < -0.3 is 9.72 Å². The molecule has 0 saturated carbocycles. The van der Waals surface area contributed by atoms with Gasteiger partial charge in [0.2, 0.25) is 5.82 Å². The molecule has 0 unspecified atom stereocenters. The van der Waals surface area contributed by atoms with Gasteiger partial charge in [0.1, 0.15) is 12.4 Å². The third kappa shape index (κ3) is 3.01. The molecule has 130 valence electrons. The third-order valence-electron chi connectivity index (χ3n) is 4.01. The van der Waals surface area contributed by atoms with Gasteiger partial charge in [0.05, 0.1) is 11.0 Å². The molecule has 0 fully saturated rings. The van der Waals surface area contributed by atoms with E-state index in [1.165, 1.54) is 0 Å². The van der Waals surface area contributed by atoms with E-state index in [4.69, 9.17) is 4.74 Å². The summed E-state index contributed by atoms with van der Waals surface area (Å²) in [7, 11) is 0. The van der Waals surface area contributed by atoms with Crippen molar-refractivity contribution in [2.24, 2.45) is 0 Å². The van der Waals surface area contributed by atoms with E-state index in [0.717, 1.165) is 40.1 Å². The van der Waals surface area contributed by atoms with Gasteiger partial charge in [-0.15, -0.1) is 0 Å². The second-order valence-corrected chi connectivity index (χ2v) is 5.76. The number of aromatic amines is 1. The molecule has 0 aliphatic heterocycles. The van der Waals surface area contributed by atoms with Crippen molar-refractivity contribution in [2.45, 2.75) is 6.61 Å². The molecule has 1 N–H and O–H groups in total. The van der Waals surface area contributed by atoms with E-state index in [9.17, 15) is 13.2 Å². The van der Waals surface area contributed by atoms with Crippen LogP contribution in [0, 0.1) is 17.5 Å². The number of aromatic nitrogens is 2. The van der Waals surface area contributed by atoms with Gasteiger partial charge in [-0.25, -0.2) is 13.8 Å². The molecule has 6 heteroatoms. The molecule has 0 amide bonds. The zero-order valence-electron chi connectivity index (χ0n) is 13.5. The van der Waals surface area contributed by atoms with Crippen LogP contribution in [-0.2, 0) is 6.61 Å². The molecular formula is C20H13F3N2O. The Morgan fingerprint density at radius 3 is 2.38 bits per heavy atom. The molecule has 0 radical (unpaired) electrons. The maximum Gasteiger partial charge on any atom is 0.203 e. The van der Waals surface area contributed by atoms with Crippen LogP contribution in [0.25, 0.3) is 22.4 Å². The lowest BCUT2D eigenvalue weighted by Gasteiger charge is -2.08. The molecule has 1 heterocycles. The van der Waals surface area contributed by atoms with Gasteiger partial charge in [-0.3, -0.25) is 0 Å². The zero-order chi connectivity index (χ0) is 18.1. The Balaban J connectivity index is 1.50. The molecule has 0 bridgehead atoms. The minimum atomic E-state index is -1.54. The predicted octanol–water partition coefficient (Wildman–Crippen LogP) is 5.23. The summed E-state index contributed by atoms with van der Waals surface area (Å²) < 4.78 is 45.0. The van der Waals surface area contributed by atoms with E-state index < -0.39 is 17.5 Å². The molecule has 0 aliphatic rings. The molecule has 0 spiro atoms. The third-order valence-corrected chi connectivity index (χ3v) is 4.01. The lowest BCUT2D eigenvalue weighted by molar-refractivity contribution is 0.281. The normalized spacial score (nSPS) is 11.0. The van der Waals surface area contributed by atoms with Gasteiger partial charge >= 0.3 is 0 Å². The van der Waals surface area contributed by atoms with E-state index in [-0.39, 0.29) is 12.4 Å². The Morgan fingerprint density at radius 1 is 0.846 bits per heavy atom. The van der Waals surface area contributed by atoms with Crippen LogP contribution < -0.4 is 4.74 Å². The summed E-state index contributed by atoms with van der Waals surface area (Å²) in [4.78, 5) is 7.76. The summed E-state index contributed by atoms with van der Waals surface area (Å²) in [6.07, 6.45) is 0. The van der Waals surface area contributed by atoms with Crippen molar-refractivity contribution in [3.8, 4) is 17.1 Å². The smallest absolute Gasteiger partial charge is 0.203 e. The lowest BCUT2D eigenvalue weighted by atomic mass is 10.1. The summed E-state index contributed by atoms with van der Waals surface area (Å²) >= 11 is 0. The minimum absolute atomic E-state index is 0.0302. The molecule has 0 aliphatic carbocycles. The Kier molecular flexibility index (Phi) is 4.08. The quantitative estimate of drug-likeness (QED) is 0.510. The summed E-state index contributed by atoms with van der Waals surface area (Å²) in [5, 5.41) is 0. The van der Waals surface area contributed by atoms with Crippen molar-refractivity contribution in [3.05, 3.63) is 83.7 Å². The number of ether oxygens (including phenoxy) is 1. The highest BCUT2D eigenvalue weighted by molar-refractivity contribution is 5.79. The first-order valence-electron chi connectivity index (χ1n) is 7.92. The minimum Gasteiger partial charge on any atom is -0.486 e. The van der Waals surface area contributed by atoms with Crippen LogP contribution in [0.2, 0.25) is 0 Å². The fourth-order valence-corrected chi connectivity index (χ4v) is 2.63. The van der Waals surface area contributed by atoms with Gasteiger partial charge in [-0.05, 0) is 29.8 Å². The van der Waals surface area contributed by atoms with Crippen LogP contribution in [0.4, 0.5) is 13.2 Å². The molecule has 3 aromatic carbocycles. The monoisotopic (exact) mass is 354 g/mol. The molecule has 0 saturated heterocycles. The average Bonchev–Trinajstić information content (AvgIpc) is 3.10. The van der Waals surface area contributed by atoms with Crippen molar-refractivity contribution in [2.75, 3.05) is 0 Å². The Labute approximate surface area is 147 Å². The van der Waals surface area contributed by atoms with E-state index in [0.29, 0.717) is 0 Å². The number of nitrogens with zero attached hydrogens (tertiary/aromatic N) is 1. The second-order valence-electron chi connectivity index (χ2n) is 5.76. The first-order valence-corrected chi connectivity index (χ1v) is 7.92. The summed E-state index contributed by atoms with van der Waals surface area (Å²) in [5.74, 6) is -3.70. The number of hydrogen-bond acceptors (Lipinski definition) is 2. The predicted molar refractivity (Wildman–Crippen MR) is 92.2 cm³/mol. The number of imidazole rings is 1. The molecule has 26 heavy (non-hydrogen) atoms. The van der Waals surface area contributed by atoms with E-state index in [1.54, 1.807) is 12.1 Å². The highest BCUT2D eigenvalue weighted by atomic mass is 19.2. The molecule has 3 nitrogen and oxygen atoms in total. The topological polar surface area (TPSA) is 37.9 Å². The highest BCUT2D eigenvalue weighted by Gasteiger charge is 2.14.